The van der Waals surface area contributed by atoms with Crippen LogP contribution in [0, 0.1) is 29.1 Å². The zero-order valence-corrected chi connectivity index (χ0v) is 23.7. The molecular formula is C30H37N3O4S. The lowest BCUT2D eigenvalue weighted by Gasteiger charge is -2.40. The molecule has 0 aliphatic heterocycles. The number of aromatic nitrogens is 2. The Morgan fingerprint density at radius 1 is 1.21 bits per heavy atom. The molecule has 0 bridgehead atoms. The Kier molecular flexibility index (Phi) is 8.57. The molecule has 1 saturated carbocycles. The minimum Gasteiger partial charge on any atom is -0.477 e. The maximum atomic E-state index is 14.2. The molecule has 2 aromatic heterocycles. The molecule has 0 spiro atoms. The molecule has 0 aromatic carbocycles. The number of aromatic carboxylic acids is 1. The van der Waals surface area contributed by atoms with Crippen molar-refractivity contribution in [2.45, 2.75) is 85.3 Å². The Labute approximate surface area is 229 Å². The number of carboxylic acid groups (broad SMARTS) is 1. The van der Waals surface area contributed by atoms with E-state index in [0.29, 0.717) is 22.9 Å². The van der Waals surface area contributed by atoms with E-state index in [-0.39, 0.29) is 40.2 Å². The molecule has 202 valence electrons. The quantitative estimate of drug-likeness (QED) is 0.342. The smallest absolute Gasteiger partial charge is 0.348 e. The SMILES string of the molecule is CC1=CC[C@H](C(=O)N(c2cc(C#CC(C)(C)C)sc2C(=O)O)[C@H]2CC[C@H](Oc3ccncn3)CC2)[C@@H](C)C1. The molecule has 7 nitrogen and oxygen atoms in total. The predicted octanol–water partition coefficient (Wildman–Crippen LogP) is 6.35. The summed E-state index contributed by atoms with van der Waals surface area (Å²) in [4.78, 5) is 37.3. The highest BCUT2D eigenvalue weighted by Gasteiger charge is 2.39. The summed E-state index contributed by atoms with van der Waals surface area (Å²) in [6.07, 6.45) is 9.75. The number of allylic oxidation sites excluding steroid dienone is 2. The Morgan fingerprint density at radius 2 is 1.95 bits per heavy atom. The van der Waals surface area contributed by atoms with Gasteiger partial charge in [0.2, 0.25) is 11.8 Å². The van der Waals surface area contributed by atoms with E-state index in [9.17, 15) is 14.7 Å². The lowest BCUT2D eigenvalue weighted by molar-refractivity contribution is -0.124. The number of amides is 1. The highest BCUT2D eigenvalue weighted by Crippen LogP contribution is 2.39. The number of nitrogens with zero attached hydrogens (tertiary/aromatic N) is 3. The summed E-state index contributed by atoms with van der Waals surface area (Å²) in [7, 11) is 0. The zero-order chi connectivity index (χ0) is 27.4. The highest BCUT2D eigenvalue weighted by atomic mass is 32.1. The minimum atomic E-state index is -1.03. The maximum Gasteiger partial charge on any atom is 0.348 e. The van der Waals surface area contributed by atoms with Crippen molar-refractivity contribution in [3.05, 3.63) is 46.1 Å². The standard InChI is InChI=1S/C30H37N3O4S/c1-19-6-11-24(20(2)16-19)28(34)33(21-7-9-22(10-8-21)37-26-13-15-31-18-32-26)25-17-23(12-14-30(3,4)5)38-27(25)29(35)36/h6,13,15,17-18,20-22,24H,7-11,16H2,1-5H3,(H,35,36)/t20-,21-,22-,24-/m0/s1. The third kappa shape index (κ3) is 6.82. The van der Waals surface area contributed by atoms with Crippen LogP contribution < -0.4 is 9.64 Å². The van der Waals surface area contributed by atoms with Crippen molar-refractivity contribution in [2.24, 2.45) is 17.3 Å². The van der Waals surface area contributed by atoms with Crippen LogP contribution in [-0.4, -0.2) is 39.1 Å². The number of thiophene rings is 1. The zero-order valence-electron chi connectivity index (χ0n) is 22.9. The van der Waals surface area contributed by atoms with E-state index < -0.39 is 5.97 Å². The molecule has 0 saturated heterocycles. The molecule has 2 atom stereocenters. The second kappa shape index (κ2) is 11.7. The fraction of sp³-hybridized carbons (Fsp3) is 0.533. The first-order valence-corrected chi connectivity index (χ1v) is 14.1. The first kappa shape index (κ1) is 27.8. The summed E-state index contributed by atoms with van der Waals surface area (Å²) >= 11 is 1.15. The van der Waals surface area contributed by atoms with Crippen molar-refractivity contribution in [1.82, 2.24) is 9.97 Å². The van der Waals surface area contributed by atoms with Gasteiger partial charge in [-0.3, -0.25) is 4.79 Å². The van der Waals surface area contributed by atoms with E-state index in [1.807, 2.05) is 26.8 Å². The molecule has 1 amide bonds. The number of carbonyl (C=O) groups is 2. The van der Waals surface area contributed by atoms with Gasteiger partial charge >= 0.3 is 5.97 Å². The van der Waals surface area contributed by atoms with Gasteiger partial charge in [0, 0.05) is 29.6 Å². The highest BCUT2D eigenvalue weighted by molar-refractivity contribution is 7.15. The van der Waals surface area contributed by atoms with E-state index >= 15 is 0 Å². The third-order valence-electron chi connectivity index (χ3n) is 7.18. The molecule has 8 heteroatoms. The van der Waals surface area contributed by atoms with Gasteiger partial charge in [-0.25, -0.2) is 14.8 Å². The van der Waals surface area contributed by atoms with Crippen LogP contribution in [-0.2, 0) is 4.79 Å². The molecule has 1 fully saturated rings. The van der Waals surface area contributed by atoms with E-state index in [1.54, 1.807) is 17.2 Å². The van der Waals surface area contributed by atoms with Gasteiger partial charge in [-0.15, -0.1) is 11.3 Å². The van der Waals surface area contributed by atoms with Gasteiger partial charge in [0.05, 0.1) is 10.6 Å². The summed E-state index contributed by atoms with van der Waals surface area (Å²) in [5.74, 6) is 5.89. The van der Waals surface area contributed by atoms with E-state index in [1.165, 1.54) is 11.9 Å². The molecule has 4 rings (SSSR count). The monoisotopic (exact) mass is 535 g/mol. The first-order valence-electron chi connectivity index (χ1n) is 13.3. The Hall–Kier alpha value is -3.18. The second-order valence-corrected chi connectivity index (χ2v) is 12.6. The maximum absolute atomic E-state index is 14.2. The van der Waals surface area contributed by atoms with Crippen LogP contribution in [0.25, 0.3) is 0 Å². The van der Waals surface area contributed by atoms with Gasteiger partial charge < -0.3 is 14.7 Å². The molecule has 2 aromatic rings. The summed E-state index contributed by atoms with van der Waals surface area (Å²) in [6.45, 7) is 10.3. The van der Waals surface area contributed by atoms with Gasteiger partial charge in [0.1, 0.15) is 17.3 Å². The second-order valence-electron chi connectivity index (χ2n) is 11.5. The number of hydrogen-bond acceptors (Lipinski definition) is 6. The molecule has 1 N–H and O–H groups in total. The lowest BCUT2D eigenvalue weighted by atomic mass is 9.79. The van der Waals surface area contributed by atoms with Gasteiger partial charge in [0.15, 0.2) is 0 Å². The fourth-order valence-corrected chi connectivity index (χ4v) is 6.12. The molecule has 2 aliphatic rings. The molecule has 0 radical (unpaired) electrons. The Morgan fingerprint density at radius 3 is 2.55 bits per heavy atom. The van der Waals surface area contributed by atoms with E-state index in [2.05, 4.69) is 41.7 Å². The average Bonchev–Trinajstić information content (AvgIpc) is 3.28. The van der Waals surface area contributed by atoms with Crippen molar-refractivity contribution in [2.75, 3.05) is 4.90 Å². The Bertz CT molecular complexity index is 1240. The molecule has 2 heterocycles. The summed E-state index contributed by atoms with van der Waals surface area (Å²) in [5.41, 5.74) is 1.56. The fourth-order valence-electron chi connectivity index (χ4n) is 5.28. The van der Waals surface area contributed by atoms with E-state index in [0.717, 1.165) is 43.4 Å². The third-order valence-corrected chi connectivity index (χ3v) is 8.21. The van der Waals surface area contributed by atoms with Crippen molar-refractivity contribution in [3.63, 3.8) is 0 Å². The van der Waals surface area contributed by atoms with Crippen LogP contribution in [0.15, 0.2) is 36.3 Å². The minimum absolute atomic E-state index is 0.00748. The number of ether oxygens (including phenoxy) is 1. The summed E-state index contributed by atoms with van der Waals surface area (Å²) in [6, 6.07) is 3.44. The Balaban J connectivity index is 1.65. The number of hydrogen-bond donors (Lipinski definition) is 1. The average molecular weight is 536 g/mol. The normalized spacial score (nSPS) is 23.6. The molecule has 2 aliphatic carbocycles. The van der Waals surface area contributed by atoms with Crippen molar-refractivity contribution < 1.29 is 19.4 Å². The summed E-state index contributed by atoms with van der Waals surface area (Å²) < 4.78 is 6.05. The van der Waals surface area contributed by atoms with Crippen LogP contribution in [0.1, 0.15) is 87.7 Å². The van der Waals surface area contributed by atoms with Crippen molar-refractivity contribution >= 4 is 28.9 Å². The lowest BCUT2D eigenvalue weighted by Crippen LogP contribution is -2.48. The van der Waals surface area contributed by atoms with E-state index in [4.69, 9.17) is 4.74 Å². The van der Waals surface area contributed by atoms with Crippen molar-refractivity contribution in [1.29, 1.82) is 0 Å². The van der Waals surface area contributed by atoms with Gasteiger partial charge in [-0.05, 0) is 78.2 Å². The van der Waals surface area contributed by atoms with Gasteiger partial charge in [-0.2, -0.15) is 0 Å². The number of rotatable bonds is 6. The van der Waals surface area contributed by atoms with Crippen LogP contribution in [0.4, 0.5) is 5.69 Å². The number of anilines is 1. The molecule has 38 heavy (non-hydrogen) atoms. The van der Waals surface area contributed by atoms with Crippen LogP contribution in [0.2, 0.25) is 0 Å². The van der Waals surface area contributed by atoms with Crippen LogP contribution in [0.3, 0.4) is 0 Å². The topological polar surface area (TPSA) is 92.6 Å². The first-order chi connectivity index (χ1) is 18.0. The van der Waals surface area contributed by atoms with Crippen molar-refractivity contribution in [3.8, 4) is 17.7 Å². The molecular weight excluding hydrogens is 498 g/mol. The largest absolute Gasteiger partial charge is 0.477 e. The van der Waals surface area contributed by atoms with Gasteiger partial charge in [-0.1, -0.05) is 30.4 Å². The van der Waals surface area contributed by atoms with Crippen LogP contribution in [0.5, 0.6) is 5.88 Å². The summed E-state index contributed by atoms with van der Waals surface area (Å²) in [5, 5.41) is 10.1. The predicted molar refractivity (Wildman–Crippen MR) is 149 cm³/mol. The molecule has 0 unspecified atom stereocenters. The number of carbonyl (C=O) groups excluding carboxylic acids is 1. The van der Waals surface area contributed by atoms with Gasteiger partial charge in [0.25, 0.3) is 0 Å². The number of carboxylic acids is 1. The van der Waals surface area contributed by atoms with Crippen LogP contribution >= 0.6 is 11.3 Å².